The molecule has 108 valence electrons. The van der Waals surface area contributed by atoms with E-state index in [0.29, 0.717) is 0 Å². The first-order chi connectivity index (χ1) is 9.12. The third-order valence-corrected chi connectivity index (χ3v) is 4.18. The minimum atomic E-state index is 0.730. The van der Waals surface area contributed by atoms with Crippen LogP contribution in [0, 0.1) is 5.92 Å². The van der Waals surface area contributed by atoms with Gasteiger partial charge in [0.25, 0.3) is 0 Å². The number of nitrogens with zero attached hydrogens (tertiary/aromatic N) is 1. The second-order valence-corrected chi connectivity index (χ2v) is 5.97. The van der Waals surface area contributed by atoms with Crippen molar-refractivity contribution in [3.05, 3.63) is 28.2 Å². The number of hydrogen-bond acceptors (Lipinski definition) is 2. The van der Waals surface area contributed by atoms with Crippen LogP contribution in [0.2, 0.25) is 0 Å². The molecule has 0 heterocycles. The van der Waals surface area contributed by atoms with E-state index in [9.17, 15) is 0 Å². The highest BCUT2D eigenvalue weighted by atomic mass is 79.9. The molecule has 0 aliphatic rings. The Kier molecular flexibility index (Phi) is 7.47. The highest BCUT2D eigenvalue weighted by Gasteiger charge is 2.11. The van der Waals surface area contributed by atoms with Crippen LogP contribution in [0.5, 0.6) is 0 Å². The standard InChI is InChI=1S/C16H27BrN2/c1-5-13(4)12-19(7-3)16-9-8-14(10-15(16)17)11-18-6-2/h8-10,13,18H,5-7,11-12H2,1-4H3. The summed E-state index contributed by atoms with van der Waals surface area (Å²) in [6, 6.07) is 6.70. The molecule has 0 spiro atoms. The Balaban J connectivity index is 2.80. The number of rotatable bonds is 8. The van der Waals surface area contributed by atoms with Crippen LogP contribution in [-0.2, 0) is 6.54 Å². The van der Waals surface area contributed by atoms with Crippen molar-refractivity contribution in [1.82, 2.24) is 5.32 Å². The summed E-state index contributed by atoms with van der Waals surface area (Å²) >= 11 is 3.72. The fourth-order valence-corrected chi connectivity index (χ4v) is 2.77. The average Bonchev–Trinajstić information content (AvgIpc) is 2.42. The van der Waals surface area contributed by atoms with E-state index in [2.05, 4.69) is 72.0 Å². The summed E-state index contributed by atoms with van der Waals surface area (Å²) in [5.74, 6) is 0.730. The van der Waals surface area contributed by atoms with Crippen LogP contribution >= 0.6 is 15.9 Å². The Morgan fingerprint density at radius 3 is 2.53 bits per heavy atom. The lowest BCUT2D eigenvalue weighted by molar-refractivity contribution is 0.547. The monoisotopic (exact) mass is 326 g/mol. The smallest absolute Gasteiger partial charge is 0.0510 e. The maximum atomic E-state index is 3.72. The molecule has 0 radical (unpaired) electrons. The molecule has 0 bridgehead atoms. The zero-order valence-electron chi connectivity index (χ0n) is 12.7. The topological polar surface area (TPSA) is 15.3 Å². The second kappa shape index (κ2) is 8.60. The lowest BCUT2D eigenvalue weighted by Crippen LogP contribution is -2.28. The lowest BCUT2D eigenvalue weighted by Gasteiger charge is -2.27. The lowest BCUT2D eigenvalue weighted by atomic mass is 10.1. The molecule has 0 saturated carbocycles. The van der Waals surface area contributed by atoms with Crippen LogP contribution in [0.15, 0.2) is 22.7 Å². The van der Waals surface area contributed by atoms with Gasteiger partial charge < -0.3 is 10.2 Å². The number of hydrogen-bond donors (Lipinski definition) is 1. The first-order valence-electron chi connectivity index (χ1n) is 7.36. The molecule has 1 N–H and O–H groups in total. The predicted molar refractivity (Wildman–Crippen MR) is 88.9 cm³/mol. The Labute approximate surface area is 126 Å². The predicted octanol–water partition coefficient (Wildman–Crippen LogP) is 4.43. The minimum absolute atomic E-state index is 0.730. The van der Waals surface area contributed by atoms with E-state index in [1.54, 1.807) is 0 Å². The molecule has 19 heavy (non-hydrogen) atoms. The first-order valence-corrected chi connectivity index (χ1v) is 8.15. The molecule has 0 saturated heterocycles. The molecule has 1 aromatic rings. The Hall–Kier alpha value is -0.540. The molecule has 1 rings (SSSR count). The summed E-state index contributed by atoms with van der Waals surface area (Å²) in [5, 5.41) is 3.36. The van der Waals surface area contributed by atoms with Gasteiger partial charge in [-0.15, -0.1) is 0 Å². The van der Waals surface area contributed by atoms with Gasteiger partial charge in [0.05, 0.1) is 5.69 Å². The second-order valence-electron chi connectivity index (χ2n) is 5.12. The van der Waals surface area contributed by atoms with Crippen molar-refractivity contribution < 1.29 is 0 Å². The maximum Gasteiger partial charge on any atom is 0.0510 e. The van der Waals surface area contributed by atoms with Crippen molar-refractivity contribution in [1.29, 1.82) is 0 Å². The summed E-state index contributed by atoms with van der Waals surface area (Å²) in [7, 11) is 0. The van der Waals surface area contributed by atoms with Crippen LogP contribution in [0.3, 0.4) is 0 Å². The molecular formula is C16H27BrN2. The van der Waals surface area contributed by atoms with E-state index in [1.807, 2.05) is 0 Å². The normalized spacial score (nSPS) is 12.5. The SMILES string of the molecule is CCNCc1ccc(N(CC)CC(C)CC)c(Br)c1. The third kappa shape index (κ3) is 5.15. The third-order valence-electron chi connectivity index (χ3n) is 3.54. The van der Waals surface area contributed by atoms with Gasteiger partial charge in [0.15, 0.2) is 0 Å². The number of benzene rings is 1. The Morgan fingerprint density at radius 2 is 2.00 bits per heavy atom. The number of nitrogens with one attached hydrogen (secondary N) is 1. The van der Waals surface area contributed by atoms with Gasteiger partial charge in [0.2, 0.25) is 0 Å². The van der Waals surface area contributed by atoms with Crippen LogP contribution in [-0.4, -0.2) is 19.6 Å². The molecular weight excluding hydrogens is 300 g/mol. The fourth-order valence-electron chi connectivity index (χ4n) is 2.09. The van der Waals surface area contributed by atoms with Gasteiger partial charge in [0, 0.05) is 24.1 Å². The van der Waals surface area contributed by atoms with Crippen molar-refractivity contribution in [2.75, 3.05) is 24.5 Å². The van der Waals surface area contributed by atoms with Crippen LogP contribution in [0.25, 0.3) is 0 Å². The minimum Gasteiger partial charge on any atom is -0.371 e. The van der Waals surface area contributed by atoms with Crippen molar-refractivity contribution in [2.45, 2.75) is 40.7 Å². The molecule has 1 atom stereocenters. The Morgan fingerprint density at radius 1 is 1.26 bits per heavy atom. The molecule has 0 aliphatic heterocycles. The maximum absolute atomic E-state index is 3.72. The van der Waals surface area contributed by atoms with E-state index in [4.69, 9.17) is 0 Å². The molecule has 0 amide bonds. The largest absolute Gasteiger partial charge is 0.371 e. The zero-order chi connectivity index (χ0) is 14.3. The van der Waals surface area contributed by atoms with Crippen LogP contribution in [0.4, 0.5) is 5.69 Å². The van der Waals surface area contributed by atoms with Gasteiger partial charge in [-0.05, 0) is 53.0 Å². The van der Waals surface area contributed by atoms with Crippen molar-refractivity contribution in [3.63, 3.8) is 0 Å². The zero-order valence-corrected chi connectivity index (χ0v) is 14.3. The van der Waals surface area contributed by atoms with Gasteiger partial charge >= 0.3 is 0 Å². The van der Waals surface area contributed by atoms with Gasteiger partial charge in [-0.3, -0.25) is 0 Å². The van der Waals surface area contributed by atoms with E-state index >= 15 is 0 Å². The van der Waals surface area contributed by atoms with E-state index in [0.717, 1.165) is 32.1 Å². The van der Waals surface area contributed by atoms with Crippen molar-refractivity contribution >= 4 is 21.6 Å². The first kappa shape index (κ1) is 16.5. The van der Waals surface area contributed by atoms with Crippen molar-refractivity contribution in [3.8, 4) is 0 Å². The fraction of sp³-hybridized carbons (Fsp3) is 0.625. The van der Waals surface area contributed by atoms with Crippen LogP contribution in [0.1, 0.15) is 39.7 Å². The van der Waals surface area contributed by atoms with E-state index in [-0.39, 0.29) is 0 Å². The molecule has 0 aromatic heterocycles. The summed E-state index contributed by atoms with van der Waals surface area (Å²) < 4.78 is 1.20. The molecule has 0 fully saturated rings. The molecule has 2 nitrogen and oxygen atoms in total. The summed E-state index contributed by atoms with van der Waals surface area (Å²) in [5.41, 5.74) is 2.64. The molecule has 0 aliphatic carbocycles. The summed E-state index contributed by atoms with van der Waals surface area (Å²) in [4.78, 5) is 2.45. The van der Waals surface area contributed by atoms with E-state index in [1.165, 1.54) is 22.1 Å². The quantitative estimate of drug-likeness (QED) is 0.760. The van der Waals surface area contributed by atoms with Gasteiger partial charge in [0.1, 0.15) is 0 Å². The highest BCUT2D eigenvalue weighted by molar-refractivity contribution is 9.10. The highest BCUT2D eigenvalue weighted by Crippen LogP contribution is 2.28. The summed E-state index contributed by atoms with van der Waals surface area (Å²) in [6.07, 6.45) is 1.23. The van der Waals surface area contributed by atoms with Gasteiger partial charge in [-0.2, -0.15) is 0 Å². The Bertz CT molecular complexity index is 379. The van der Waals surface area contributed by atoms with Crippen LogP contribution < -0.4 is 10.2 Å². The number of anilines is 1. The molecule has 3 heteroatoms. The van der Waals surface area contributed by atoms with Gasteiger partial charge in [-0.1, -0.05) is 33.3 Å². The average molecular weight is 327 g/mol. The molecule has 1 aromatic carbocycles. The number of halogens is 1. The summed E-state index contributed by atoms with van der Waals surface area (Å²) in [6.45, 7) is 13.0. The van der Waals surface area contributed by atoms with Crippen molar-refractivity contribution in [2.24, 2.45) is 5.92 Å². The van der Waals surface area contributed by atoms with E-state index < -0.39 is 0 Å². The van der Waals surface area contributed by atoms with Gasteiger partial charge in [-0.25, -0.2) is 0 Å². The molecule has 1 unspecified atom stereocenters.